The number of phosphoric acid groups is 2. The Morgan fingerprint density at radius 2 is 0.520 bits per heavy atom. The topological polar surface area (TPSA) is 237 Å². The lowest BCUT2D eigenvalue weighted by Crippen LogP contribution is -2.30. The highest BCUT2D eigenvalue weighted by Gasteiger charge is 2.30. The summed E-state index contributed by atoms with van der Waals surface area (Å²) < 4.78 is 68.6. The third kappa shape index (κ3) is 71.1. The number of esters is 4. The average Bonchev–Trinajstić information content (AvgIpc) is 0.971. The number of phosphoric ester groups is 2. The zero-order valence-electron chi connectivity index (χ0n) is 64.1. The minimum absolute atomic E-state index is 0.103. The van der Waals surface area contributed by atoms with E-state index in [0.29, 0.717) is 31.6 Å². The summed E-state index contributed by atoms with van der Waals surface area (Å²) in [5, 5.41) is 10.6. The highest BCUT2D eigenvalue weighted by Crippen LogP contribution is 2.45. The smallest absolute Gasteiger partial charge is 0.462 e. The molecule has 582 valence electrons. The van der Waals surface area contributed by atoms with Crippen molar-refractivity contribution in [3.05, 3.63) is 0 Å². The maximum absolute atomic E-state index is 13.1. The van der Waals surface area contributed by atoms with E-state index in [1.165, 1.54) is 225 Å². The van der Waals surface area contributed by atoms with E-state index in [9.17, 15) is 43.2 Å². The number of hydrogen-bond donors (Lipinski definition) is 3. The molecule has 0 bridgehead atoms. The van der Waals surface area contributed by atoms with Gasteiger partial charge in [0.15, 0.2) is 12.2 Å². The summed E-state index contributed by atoms with van der Waals surface area (Å²) in [4.78, 5) is 72.8. The monoisotopic (exact) mass is 1440 g/mol. The Balaban J connectivity index is 5.19. The van der Waals surface area contributed by atoms with Crippen LogP contribution in [-0.4, -0.2) is 96.7 Å². The zero-order valence-corrected chi connectivity index (χ0v) is 65.9. The molecule has 0 rings (SSSR count). The van der Waals surface area contributed by atoms with Gasteiger partial charge in [-0.2, -0.15) is 0 Å². The van der Waals surface area contributed by atoms with E-state index in [4.69, 9.17) is 37.0 Å². The molecule has 0 aromatic rings. The number of ether oxygens (including phenoxy) is 4. The summed E-state index contributed by atoms with van der Waals surface area (Å²) in [6.45, 7) is 9.50. The summed E-state index contributed by atoms with van der Waals surface area (Å²) in [6, 6.07) is 0. The van der Waals surface area contributed by atoms with Gasteiger partial charge >= 0.3 is 39.5 Å². The third-order valence-corrected chi connectivity index (χ3v) is 20.7. The lowest BCUT2D eigenvalue weighted by atomic mass is 10.00. The second kappa shape index (κ2) is 70.7. The van der Waals surface area contributed by atoms with Gasteiger partial charge in [0.05, 0.1) is 26.4 Å². The van der Waals surface area contributed by atoms with Crippen molar-refractivity contribution in [3.63, 3.8) is 0 Å². The van der Waals surface area contributed by atoms with Crippen LogP contribution in [0.4, 0.5) is 0 Å². The maximum atomic E-state index is 13.1. The predicted molar refractivity (Wildman–Crippen MR) is 400 cm³/mol. The number of carbonyl (C=O) groups excluding carboxylic acids is 4. The Morgan fingerprint density at radius 3 is 0.776 bits per heavy atom. The minimum atomic E-state index is -4.96. The second-order valence-corrected chi connectivity index (χ2v) is 32.1. The van der Waals surface area contributed by atoms with Gasteiger partial charge in [-0.15, -0.1) is 0 Å². The lowest BCUT2D eigenvalue weighted by molar-refractivity contribution is -0.161. The molecule has 3 unspecified atom stereocenters. The molecule has 0 amide bonds. The first-order valence-electron chi connectivity index (χ1n) is 41.0. The molecule has 0 aliphatic heterocycles. The van der Waals surface area contributed by atoms with E-state index in [-0.39, 0.29) is 25.7 Å². The van der Waals surface area contributed by atoms with E-state index < -0.39 is 97.5 Å². The first-order valence-corrected chi connectivity index (χ1v) is 44.0. The summed E-state index contributed by atoms with van der Waals surface area (Å²) in [6.07, 6.45) is 60.0. The molecule has 6 atom stereocenters. The molecule has 0 aromatic carbocycles. The van der Waals surface area contributed by atoms with Gasteiger partial charge in [0.25, 0.3) is 0 Å². The molecule has 98 heavy (non-hydrogen) atoms. The van der Waals surface area contributed by atoms with Crippen LogP contribution in [0, 0.1) is 11.8 Å². The van der Waals surface area contributed by atoms with Crippen molar-refractivity contribution < 1.29 is 80.2 Å². The quantitative estimate of drug-likeness (QED) is 0.0222. The van der Waals surface area contributed by atoms with Crippen LogP contribution >= 0.6 is 15.6 Å². The SMILES string of the molecule is CCCCCCCCCCCCCCCCCCCCCCCCC(=O)O[C@H](COC(=O)CCCCCCCCCCCCCCCCCC)COP(=O)(O)OC[C@@H](O)COP(=O)(O)OC[C@@H](COC(=O)CCCCCCCCC(C)CC)OC(=O)CCCCCCCCCC(C)C. The molecular weight excluding hydrogens is 1280 g/mol. The van der Waals surface area contributed by atoms with E-state index in [0.717, 1.165) is 102 Å². The Labute approximate surface area is 600 Å². The van der Waals surface area contributed by atoms with Crippen LogP contribution in [-0.2, 0) is 65.4 Å². The molecule has 3 N–H and O–H groups in total. The van der Waals surface area contributed by atoms with Gasteiger partial charge in [-0.3, -0.25) is 37.3 Å². The van der Waals surface area contributed by atoms with Crippen LogP contribution in [0.5, 0.6) is 0 Å². The lowest BCUT2D eigenvalue weighted by Gasteiger charge is -2.21. The Bertz CT molecular complexity index is 1890. The molecule has 0 saturated heterocycles. The fourth-order valence-electron chi connectivity index (χ4n) is 12.2. The molecule has 19 heteroatoms. The first-order chi connectivity index (χ1) is 47.4. The van der Waals surface area contributed by atoms with Crippen LogP contribution in [0.3, 0.4) is 0 Å². The average molecular weight is 1440 g/mol. The van der Waals surface area contributed by atoms with Gasteiger partial charge in [-0.1, -0.05) is 363 Å². The van der Waals surface area contributed by atoms with E-state index >= 15 is 0 Å². The van der Waals surface area contributed by atoms with Gasteiger partial charge in [0.1, 0.15) is 19.3 Å². The van der Waals surface area contributed by atoms with Crippen LogP contribution in [0.15, 0.2) is 0 Å². The zero-order chi connectivity index (χ0) is 72.1. The largest absolute Gasteiger partial charge is 0.472 e. The van der Waals surface area contributed by atoms with Crippen LogP contribution in [0.2, 0.25) is 0 Å². The molecule has 0 radical (unpaired) electrons. The molecule has 0 spiro atoms. The number of rotatable bonds is 78. The van der Waals surface area contributed by atoms with E-state index in [2.05, 4.69) is 41.5 Å². The van der Waals surface area contributed by atoms with Gasteiger partial charge < -0.3 is 33.8 Å². The molecule has 0 aliphatic carbocycles. The van der Waals surface area contributed by atoms with Crippen molar-refractivity contribution in [3.8, 4) is 0 Å². The summed E-state index contributed by atoms with van der Waals surface area (Å²) in [5.41, 5.74) is 0. The molecular formula is C79H154O17P2. The van der Waals surface area contributed by atoms with Crippen molar-refractivity contribution in [1.29, 1.82) is 0 Å². The molecule has 0 saturated carbocycles. The number of aliphatic hydroxyl groups excluding tert-OH is 1. The molecule has 0 heterocycles. The van der Waals surface area contributed by atoms with Crippen molar-refractivity contribution in [2.75, 3.05) is 39.6 Å². The van der Waals surface area contributed by atoms with Crippen molar-refractivity contribution in [1.82, 2.24) is 0 Å². The number of aliphatic hydroxyl groups is 1. The number of hydrogen-bond acceptors (Lipinski definition) is 15. The summed E-state index contributed by atoms with van der Waals surface area (Å²) in [7, 11) is -9.91. The standard InChI is InChI=1S/C79H154O17P2/c1-7-10-12-14-16-18-20-22-24-26-27-28-29-30-31-33-35-37-39-43-51-57-63-78(83)95-74(67-89-76(81)61-55-49-42-38-36-34-32-25-23-21-19-17-15-13-11-8-2)69-93-97(85,86)91-65-73(80)66-92-98(87,88)94-70-75(96-79(84)64-58-52-44-40-41-47-53-59-71(4)5)68-90-77(82)62-56-50-46-45-48-54-60-72(6)9-3/h71-75,80H,7-70H2,1-6H3,(H,85,86)(H,87,88)/t72?,73-,74-,75-/m1/s1. The fourth-order valence-corrected chi connectivity index (χ4v) is 13.7. The Hall–Kier alpha value is -1.94. The predicted octanol–water partition coefficient (Wildman–Crippen LogP) is 23.5. The molecule has 0 aliphatic rings. The maximum Gasteiger partial charge on any atom is 0.472 e. The molecule has 17 nitrogen and oxygen atoms in total. The Kier molecular flexibility index (Phi) is 69.3. The van der Waals surface area contributed by atoms with E-state index in [1.54, 1.807) is 0 Å². The van der Waals surface area contributed by atoms with Crippen LogP contribution in [0.25, 0.3) is 0 Å². The fraction of sp³-hybridized carbons (Fsp3) is 0.949. The van der Waals surface area contributed by atoms with Crippen LogP contribution < -0.4 is 0 Å². The Morgan fingerprint density at radius 1 is 0.296 bits per heavy atom. The van der Waals surface area contributed by atoms with Gasteiger partial charge in [-0.05, 0) is 37.5 Å². The number of carbonyl (C=O) groups is 4. The highest BCUT2D eigenvalue weighted by atomic mass is 31.2. The van der Waals surface area contributed by atoms with Gasteiger partial charge in [0, 0.05) is 25.7 Å². The summed E-state index contributed by atoms with van der Waals surface area (Å²) in [5.74, 6) is -0.691. The molecule has 0 fully saturated rings. The van der Waals surface area contributed by atoms with Crippen molar-refractivity contribution in [2.24, 2.45) is 11.8 Å². The van der Waals surface area contributed by atoms with Gasteiger partial charge in [-0.25, -0.2) is 9.13 Å². The second-order valence-electron chi connectivity index (χ2n) is 29.2. The molecule has 0 aromatic heterocycles. The van der Waals surface area contributed by atoms with E-state index in [1.807, 2.05) is 0 Å². The number of unbranched alkanes of at least 4 members (excludes halogenated alkanes) is 47. The van der Waals surface area contributed by atoms with Crippen molar-refractivity contribution in [2.45, 2.75) is 432 Å². The minimum Gasteiger partial charge on any atom is -0.462 e. The third-order valence-electron chi connectivity index (χ3n) is 18.8. The van der Waals surface area contributed by atoms with Crippen molar-refractivity contribution >= 4 is 39.5 Å². The normalized spacial score (nSPS) is 14.2. The van der Waals surface area contributed by atoms with Crippen LogP contribution in [0.1, 0.15) is 414 Å². The first kappa shape index (κ1) is 96.1. The van der Waals surface area contributed by atoms with Gasteiger partial charge in [0.2, 0.25) is 0 Å². The highest BCUT2D eigenvalue weighted by molar-refractivity contribution is 7.47. The summed E-state index contributed by atoms with van der Waals surface area (Å²) >= 11 is 0.